The number of piperazine rings is 1. The Hall–Kier alpha value is -2.73. The van der Waals surface area contributed by atoms with Gasteiger partial charge in [0.05, 0.1) is 13.0 Å². The molecule has 0 unspecified atom stereocenters. The van der Waals surface area contributed by atoms with E-state index in [9.17, 15) is 14.0 Å². The summed E-state index contributed by atoms with van der Waals surface area (Å²) in [4.78, 5) is 28.4. The summed E-state index contributed by atoms with van der Waals surface area (Å²) in [6.45, 7) is 3.81. The lowest BCUT2D eigenvalue weighted by Crippen LogP contribution is -2.50. The molecular weight excluding hydrogens is 345 g/mol. The van der Waals surface area contributed by atoms with Crippen LogP contribution in [0.15, 0.2) is 54.6 Å². The molecule has 2 amide bonds. The second-order valence-corrected chi connectivity index (χ2v) is 6.73. The first-order valence-corrected chi connectivity index (χ1v) is 9.15. The van der Waals surface area contributed by atoms with Crippen LogP contribution in [0, 0.1) is 5.82 Å². The second kappa shape index (κ2) is 9.28. The Kier molecular flexibility index (Phi) is 6.54. The molecule has 0 atom stereocenters. The smallest absolute Gasteiger partial charge is 0.242 e. The number of hydrogen-bond donors (Lipinski definition) is 1. The molecule has 6 heteroatoms. The topological polar surface area (TPSA) is 52.7 Å². The highest BCUT2D eigenvalue weighted by Crippen LogP contribution is 2.08. The molecule has 2 aromatic carbocycles. The van der Waals surface area contributed by atoms with Crippen LogP contribution in [-0.4, -0.2) is 54.3 Å². The molecule has 1 heterocycles. The van der Waals surface area contributed by atoms with Crippen molar-refractivity contribution in [1.82, 2.24) is 15.1 Å². The zero-order chi connectivity index (χ0) is 19.1. The Morgan fingerprint density at radius 1 is 0.926 bits per heavy atom. The Morgan fingerprint density at radius 3 is 2.33 bits per heavy atom. The molecule has 0 aliphatic carbocycles. The molecule has 1 aliphatic heterocycles. The Morgan fingerprint density at radius 2 is 1.63 bits per heavy atom. The molecule has 1 aliphatic rings. The van der Waals surface area contributed by atoms with E-state index in [0.29, 0.717) is 18.7 Å². The van der Waals surface area contributed by atoms with Gasteiger partial charge in [-0.15, -0.1) is 0 Å². The van der Waals surface area contributed by atoms with Gasteiger partial charge in [-0.25, -0.2) is 4.39 Å². The zero-order valence-corrected chi connectivity index (χ0v) is 15.2. The van der Waals surface area contributed by atoms with Crippen LogP contribution in [0.2, 0.25) is 0 Å². The van der Waals surface area contributed by atoms with E-state index in [0.717, 1.165) is 19.6 Å². The number of amides is 2. The second-order valence-electron chi connectivity index (χ2n) is 6.73. The summed E-state index contributed by atoms with van der Waals surface area (Å²) < 4.78 is 13.1. The molecule has 2 aromatic rings. The third-order valence-electron chi connectivity index (χ3n) is 4.66. The molecule has 3 rings (SSSR count). The molecule has 142 valence electrons. The quantitative estimate of drug-likeness (QED) is 0.845. The maximum Gasteiger partial charge on any atom is 0.242 e. The molecule has 0 bridgehead atoms. The normalized spacial score (nSPS) is 14.8. The number of halogens is 1. The van der Waals surface area contributed by atoms with Crippen molar-refractivity contribution in [3.05, 3.63) is 71.5 Å². The van der Waals surface area contributed by atoms with E-state index in [1.807, 2.05) is 18.2 Å². The third kappa shape index (κ3) is 5.89. The summed E-state index contributed by atoms with van der Waals surface area (Å²) in [6.07, 6.45) is 0.0654. The number of carbonyl (C=O) groups excluding carboxylic acids is 2. The van der Waals surface area contributed by atoms with Crippen LogP contribution in [0.25, 0.3) is 0 Å². The van der Waals surface area contributed by atoms with E-state index < -0.39 is 0 Å². The van der Waals surface area contributed by atoms with Crippen LogP contribution in [0.1, 0.15) is 11.1 Å². The summed E-state index contributed by atoms with van der Waals surface area (Å²) in [6, 6.07) is 16.2. The number of rotatable bonds is 6. The fourth-order valence-electron chi connectivity index (χ4n) is 3.18. The minimum Gasteiger partial charge on any atom is -0.347 e. The van der Waals surface area contributed by atoms with Crippen molar-refractivity contribution in [3.8, 4) is 0 Å². The van der Waals surface area contributed by atoms with Gasteiger partial charge in [0.1, 0.15) is 5.82 Å². The Bertz CT molecular complexity index is 774. The number of nitrogens with zero attached hydrogens (tertiary/aromatic N) is 2. The first-order chi connectivity index (χ1) is 13.1. The molecule has 1 N–H and O–H groups in total. The number of hydrogen-bond acceptors (Lipinski definition) is 3. The molecule has 0 aromatic heterocycles. The zero-order valence-electron chi connectivity index (χ0n) is 15.2. The lowest BCUT2D eigenvalue weighted by molar-refractivity contribution is -0.134. The van der Waals surface area contributed by atoms with Gasteiger partial charge in [0.25, 0.3) is 0 Å². The first-order valence-electron chi connectivity index (χ1n) is 9.15. The van der Waals surface area contributed by atoms with Gasteiger partial charge < -0.3 is 10.2 Å². The Balaban J connectivity index is 1.38. The molecule has 5 nitrogen and oxygen atoms in total. The highest BCUT2D eigenvalue weighted by atomic mass is 19.1. The standard InChI is InChI=1S/C21H24FN3O2/c22-19-8-4-7-18(13-19)14-20(26)23-15-21(27)25-11-9-24(10-12-25)16-17-5-2-1-3-6-17/h1-8,13H,9-12,14-16H2,(H,23,26). The Labute approximate surface area is 158 Å². The largest absolute Gasteiger partial charge is 0.347 e. The molecule has 0 saturated carbocycles. The van der Waals surface area contributed by atoms with Gasteiger partial charge in [-0.3, -0.25) is 14.5 Å². The van der Waals surface area contributed by atoms with Gasteiger partial charge in [0, 0.05) is 32.7 Å². The molecular formula is C21H24FN3O2. The van der Waals surface area contributed by atoms with Crippen LogP contribution in [0.5, 0.6) is 0 Å². The van der Waals surface area contributed by atoms with Crippen LogP contribution >= 0.6 is 0 Å². The molecule has 0 radical (unpaired) electrons. The summed E-state index contributed by atoms with van der Waals surface area (Å²) in [7, 11) is 0. The highest BCUT2D eigenvalue weighted by Gasteiger charge is 2.21. The number of carbonyl (C=O) groups is 2. The van der Waals surface area contributed by atoms with E-state index >= 15 is 0 Å². The molecule has 0 spiro atoms. The predicted octanol–water partition coefficient (Wildman–Crippen LogP) is 1.83. The van der Waals surface area contributed by atoms with E-state index in [1.165, 1.54) is 17.7 Å². The number of benzene rings is 2. The minimum atomic E-state index is -0.371. The van der Waals surface area contributed by atoms with Crippen LogP contribution in [-0.2, 0) is 22.6 Å². The fourth-order valence-corrected chi connectivity index (χ4v) is 3.18. The van der Waals surface area contributed by atoms with Crippen molar-refractivity contribution in [2.75, 3.05) is 32.7 Å². The summed E-state index contributed by atoms with van der Waals surface area (Å²) in [5.74, 6) is -0.733. The van der Waals surface area contributed by atoms with Gasteiger partial charge >= 0.3 is 0 Å². The average molecular weight is 369 g/mol. The van der Waals surface area contributed by atoms with E-state index in [4.69, 9.17) is 0 Å². The lowest BCUT2D eigenvalue weighted by atomic mass is 10.1. The highest BCUT2D eigenvalue weighted by molar-refractivity contribution is 5.85. The SMILES string of the molecule is O=C(Cc1cccc(F)c1)NCC(=O)N1CCN(Cc2ccccc2)CC1. The van der Waals surface area contributed by atoms with Crippen LogP contribution < -0.4 is 5.32 Å². The summed E-state index contributed by atoms with van der Waals surface area (Å²) >= 11 is 0. The van der Waals surface area contributed by atoms with Crippen molar-refractivity contribution in [2.45, 2.75) is 13.0 Å². The van der Waals surface area contributed by atoms with Gasteiger partial charge in [-0.1, -0.05) is 42.5 Å². The third-order valence-corrected chi connectivity index (χ3v) is 4.66. The van der Waals surface area contributed by atoms with Gasteiger partial charge in [0.15, 0.2) is 0 Å². The fraction of sp³-hybridized carbons (Fsp3) is 0.333. The van der Waals surface area contributed by atoms with Gasteiger partial charge in [-0.05, 0) is 23.3 Å². The summed E-state index contributed by atoms with van der Waals surface area (Å²) in [5, 5.41) is 2.63. The predicted molar refractivity (Wildman–Crippen MR) is 101 cm³/mol. The maximum atomic E-state index is 13.1. The van der Waals surface area contributed by atoms with Crippen molar-refractivity contribution in [3.63, 3.8) is 0 Å². The molecule has 1 saturated heterocycles. The van der Waals surface area contributed by atoms with Crippen molar-refractivity contribution < 1.29 is 14.0 Å². The monoisotopic (exact) mass is 369 g/mol. The molecule has 1 fully saturated rings. The number of nitrogens with one attached hydrogen (secondary N) is 1. The van der Waals surface area contributed by atoms with E-state index in [2.05, 4.69) is 22.3 Å². The van der Waals surface area contributed by atoms with Gasteiger partial charge in [0.2, 0.25) is 11.8 Å². The minimum absolute atomic E-state index is 0.0210. The van der Waals surface area contributed by atoms with Crippen molar-refractivity contribution >= 4 is 11.8 Å². The van der Waals surface area contributed by atoms with E-state index in [1.54, 1.807) is 17.0 Å². The average Bonchev–Trinajstić information content (AvgIpc) is 2.67. The molecule has 27 heavy (non-hydrogen) atoms. The lowest BCUT2D eigenvalue weighted by Gasteiger charge is -2.34. The summed E-state index contributed by atoms with van der Waals surface area (Å²) in [5.41, 5.74) is 1.86. The van der Waals surface area contributed by atoms with Crippen molar-refractivity contribution in [1.29, 1.82) is 0 Å². The van der Waals surface area contributed by atoms with E-state index in [-0.39, 0.29) is 30.6 Å². The van der Waals surface area contributed by atoms with Gasteiger partial charge in [-0.2, -0.15) is 0 Å². The van der Waals surface area contributed by atoms with Crippen molar-refractivity contribution in [2.24, 2.45) is 0 Å². The maximum absolute atomic E-state index is 13.1. The van der Waals surface area contributed by atoms with Crippen LogP contribution in [0.3, 0.4) is 0 Å². The first kappa shape index (κ1) is 19.0. The van der Waals surface area contributed by atoms with Crippen LogP contribution in [0.4, 0.5) is 4.39 Å².